The highest BCUT2D eigenvalue weighted by atomic mass is 32.1. The van der Waals surface area contributed by atoms with Crippen molar-refractivity contribution in [1.82, 2.24) is 15.5 Å². The molecule has 0 aromatic carbocycles. The lowest BCUT2D eigenvalue weighted by molar-refractivity contribution is -0.127. The third-order valence-corrected chi connectivity index (χ3v) is 5.17. The molecule has 1 aliphatic carbocycles. The van der Waals surface area contributed by atoms with Gasteiger partial charge in [0.05, 0.1) is 0 Å². The van der Waals surface area contributed by atoms with Gasteiger partial charge in [-0.1, -0.05) is 17.7 Å². The van der Waals surface area contributed by atoms with Gasteiger partial charge in [0.1, 0.15) is 6.54 Å². The number of likely N-dealkylation sites (N-methyl/N-ethyl adjacent to an activating group) is 1. The van der Waals surface area contributed by atoms with Gasteiger partial charge in [-0.05, 0) is 50.0 Å². The molecule has 0 saturated heterocycles. The molecule has 2 N–H and O–H groups in total. The number of nitrogens with zero attached hydrogens (tertiary/aromatic N) is 2. The van der Waals surface area contributed by atoms with Crippen LogP contribution >= 0.6 is 11.3 Å². The fraction of sp³-hybridized carbons (Fsp3) is 0.579. The van der Waals surface area contributed by atoms with E-state index in [-0.39, 0.29) is 12.5 Å². The number of thiophene rings is 1. The molecule has 1 aromatic rings. The minimum atomic E-state index is 0.00865. The van der Waals surface area contributed by atoms with Crippen LogP contribution in [0, 0.1) is 0 Å². The summed E-state index contributed by atoms with van der Waals surface area (Å²) in [4.78, 5) is 19.1. The van der Waals surface area contributed by atoms with E-state index in [9.17, 15) is 4.79 Å². The maximum absolute atomic E-state index is 11.8. The molecule has 5 nitrogen and oxygen atoms in total. The van der Waals surface area contributed by atoms with Gasteiger partial charge in [0.15, 0.2) is 5.96 Å². The van der Waals surface area contributed by atoms with E-state index in [0.717, 1.165) is 31.9 Å². The molecule has 138 valence electrons. The van der Waals surface area contributed by atoms with E-state index in [4.69, 9.17) is 0 Å². The number of rotatable bonds is 8. The Balaban J connectivity index is 1.80. The van der Waals surface area contributed by atoms with Crippen LogP contribution in [0.15, 0.2) is 34.2 Å². The molecule has 1 aliphatic rings. The highest BCUT2D eigenvalue weighted by molar-refractivity contribution is 7.09. The van der Waals surface area contributed by atoms with Gasteiger partial charge in [-0.15, -0.1) is 11.3 Å². The van der Waals surface area contributed by atoms with Crippen molar-refractivity contribution in [2.24, 2.45) is 4.99 Å². The van der Waals surface area contributed by atoms with Gasteiger partial charge in [-0.2, -0.15) is 0 Å². The summed E-state index contributed by atoms with van der Waals surface area (Å²) in [6, 6.07) is 4.21. The third-order valence-electron chi connectivity index (χ3n) is 4.24. The topological polar surface area (TPSA) is 56.7 Å². The molecule has 6 heteroatoms. The Morgan fingerprint density at radius 1 is 1.24 bits per heavy atom. The summed E-state index contributed by atoms with van der Waals surface area (Å²) in [6.45, 7) is 1.84. The van der Waals surface area contributed by atoms with Gasteiger partial charge >= 0.3 is 0 Å². The number of carbonyl (C=O) groups excluding carboxylic acids is 1. The Kier molecular flexibility index (Phi) is 8.52. The van der Waals surface area contributed by atoms with Crippen LogP contribution in [0.2, 0.25) is 0 Å². The molecule has 0 atom stereocenters. The number of allylic oxidation sites excluding steroid dienone is 1. The number of hydrogen-bond acceptors (Lipinski definition) is 3. The quantitative estimate of drug-likeness (QED) is 0.425. The van der Waals surface area contributed by atoms with Gasteiger partial charge in [0.2, 0.25) is 5.91 Å². The average Bonchev–Trinajstić information content (AvgIpc) is 3.13. The number of amides is 1. The fourth-order valence-electron chi connectivity index (χ4n) is 2.69. The summed E-state index contributed by atoms with van der Waals surface area (Å²) in [5.41, 5.74) is 1.54. The lowest BCUT2D eigenvalue weighted by Gasteiger charge is -2.16. The molecule has 0 fully saturated rings. The van der Waals surface area contributed by atoms with Crippen LogP contribution in [0.4, 0.5) is 0 Å². The van der Waals surface area contributed by atoms with Crippen LogP contribution in [0.3, 0.4) is 0 Å². The Labute approximate surface area is 155 Å². The van der Waals surface area contributed by atoms with Crippen molar-refractivity contribution in [3.63, 3.8) is 0 Å². The van der Waals surface area contributed by atoms with Gasteiger partial charge in [0.25, 0.3) is 0 Å². The number of nitrogens with one attached hydrogen (secondary N) is 2. The Morgan fingerprint density at radius 3 is 2.68 bits per heavy atom. The lowest BCUT2D eigenvalue weighted by atomic mass is 9.97. The van der Waals surface area contributed by atoms with E-state index in [2.05, 4.69) is 39.2 Å². The first-order chi connectivity index (χ1) is 12.1. The number of aliphatic imine (C=N–C) groups is 1. The predicted molar refractivity (Wildman–Crippen MR) is 106 cm³/mol. The number of hydrogen-bond donors (Lipinski definition) is 2. The molecular formula is C19H30N4OS. The Morgan fingerprint density at radius 2 is 2.04 bits per heavy atom. The zero-order valence-electron chi connectivity index (χ0n) is 15.4. The third kappa shape index (κ3) is 7.73. The van der Waals surface area contributed by atoms with Crippen molar-refractivity contribution in [3.8, 4) is 0 Å². The van der Waals surface area contributed by atoms with Gasteiger partial charge in [-0.25, -0.2) is 4.99 Å². The van der Waals surface area contributed by atoms with Gasteiger partial charge < -0.3 is 15.5 Å². The molecule has 0 saturated carbocycles. The van der Waals surface area contributed by atoms with E-state index >= 15 is 0 Å². The summed E-state index contributed by atoms with van der Waals surface area (Å²) in [6.07, 6.45) is 9.45. The monoisotopic (exact) mass is 362 g/mol. The van der Waals surface area contributed by atoms with E-state index in [0.29, 0.717) is 0 Å². The first-order valence-corrected chi connectivity index (χ1v) is 9.96. The molecule has 25 heavy (non-hydrogen) atoms. The summed E-state index contributed by atoms with van der Waals surface area (Å²) >= 11 is 1.76. The van der Waals surface area contributed by atoms with Crippen molar-refractivity contribution < 1.29 is 4.79 Å². The maximum atomic E-state index is 11.8. The van der Waals surface area contributed by atoms with Crippen LogP contribution < -0.4 is 10.6 Å². The van der Waals surface area contributed by atoms with Crippen molar-refractivity contribution in [1.29, 1.82) is 0 Å². The van der Waals surface area contributed by atoms with Crippen LogP contribution in [0.1, 0.15) is 37.0 Å². The Hall–Kier alpha value is -1.82. The van der Waals surface area contributed by atoms with Crippen LogP contribution in [-0.2, 0) is 11.2 Å². The lowest BCUT2D eigenvalue weighted by Crippen LogP contribution is -2.40. The van der Waals surface area contributed by atoms with Crippen LogP contribution in [0.25, 0.3) is 0 Å². The highest BCUT2D eigenvalue weighted by Gasteiger charge is 2.06. The number of carbonyl (C=O) groups is 1. The predicted octanol–water partition coefficient (Wildman–Crippen LogP) is 2.80. The van der Waals surface area contributed by atoms with Crippen LogP contribution in [-0.4, -0.2) is 50.5 Å². The standard InChI is InChI=1S/C19H30N4OS/c1-23(2)18(24)15-22-19(21-13-11-17-9-6-14-25-17)20-12-10-16-7-4-3-5-8-16/h6-7,9,14H,3-5,8,10-13,15H2,1-2H3,(H2,20,21,22). The molecular weight excluding hydrogens is 332 g/mol. The van der Waals surface area contributed by atoms with Crippen molar-refractivity contribution in [3.05, 3.63) is 34.0 Å². The van der Waals surface area contributed by atoms with Gasteiger partial charge in [0, 0.05) is 32.1 Å². The highest BCUT2D eigenvalue weighted by Crippen LogP contribution is 2.19. The minimum absolute atomic E-state index is 0.00865. The molecule has 1 aromatic heterocycles. The zero-order valence-corrected chi connectivity index (χ0v) is 16.2. The van der Waals surface area contributed by atoms with E-state index < -0.39 is 0 Å². The molecule has 0 aliphatic heterocycles. The SMILES string of the molecule is CN(C)C(=O)CN=C(NCCC1=CCCCC1)NCCc1cccs1. The zero-order chi connectivity index (χ0) is 17.9. The van der Waals surface area contributed by atoms with E-state index in [1.165, 1.54) is 30.6 Å². The summed E-state index contributed by atoms with van der Waals surface area (Å²) < 4.78 is 0. The summed E-state index contributed by atoms with van der Waals surface area (Å²) in [7, 11) is 3.51. The first-order valence-electron chi connectivity index (χ1n) is 9.08. The maximum Gasteiger partial charge on any atom is 0.243 e. The normalized spacial score (nSPS) is 14.8. The van der Waals surface area contributed by atoms with Crippen molar-refractivity contribution >= 4 is 23.2 Å². The second kappa shape index (κ2) is 10.9. The summed E-state index contributed by atoms with van der Waals surface area (Å²) in [5.74, 6) is 0.734. The largest absolute Gasteiger partial charge is 0.356 e. The van der Waals surface area contributed by atoms with Gasteiger partial charge in [-0.3, -0.25) is 4.79 Å². The molecule has 2 rings (SSSR count). The average molecular weight is 363 g/mol. The molecule has 1 amide bonds. The molecule has 0 bridgehead atoms. The fourth-order valence-corrected chi connectivity index (χ4v) is 3.40. The minimum Gasteiger partial charge on any atom is -0.356 e. The molecule has 0 spiro atoms. The second-order valence-corrected chi connectivity index (χ2v) is 7.53. The molecule has 1 heterocycles. The smallest absolute Gasteiger partial charge is 0.243 e. The Bertz CT molecular complexity index is 578. The van der Waals surface area contributed by atoms with E-state index in [1.54, 1.807) is 35.9 Å². The van der Waals surface area contributed by atoms with Crippen molar-refractivity contribution in [2.75, 3.05) is 33.7 Å². The summed E-state index contributed by atoms with van der Waals surface area (Å²) in [5, 5.41) is 8.81. The first kappa shape index (κ1) is 19.5. The molecule has 0 radical (unpaired) electrons. The molecule has 0 unspecified atom stereocenters. The van der Waals surface area contributed by atoms with Crippen molar-refractivity contribution in [2.45, 2.75) is 38.5 Å². The number of guanidine groups is 1. The second-order valence-electron chi connectivity index (χ2n) is 6.49. The van der Waals surface area contributed by atoms with Crippen LogP contribution in [0.5, 0.6) is 0 Å². The van der Waals surface area contributed by atoms with E-state index in [1.807, 2.05) is 0 Å².